The molecule has 0 N–H and O–H groups in total. The number of hydrogen-bond acceptors (Lipinski definition) is 18. The summed E-state index contributed by atoms with van der Waals surface area (Å²) in [4.78, 5) is 55.2. The van der Waals surface area contributed by atoms with Crippen molar-refractivity contribution >= 4 is 44.1 Å². The Morgan fingerprint density at radius 1 is 0.368 bits per heavy atom. The van der Waals surface area contributed by atoms with Gasteiger partial charge in [0.05, 0.1) is 77.3 Å². The summed E-state index contributed by atoms with van der Waals surface area (Å²) in [5.74, 6) is -10.4. The molecule has 32 heteroatoms. The van der Waals surface area contributed by atoms with Crippen LogP contribution in [0.15, 0.2) is 73.1 Å². The number of halogens is 12. The van der Waals surface area contributed by atoms with Crippen molar-refractivity contribution < 1.29 is 125 Å². The van der Waals surface area contributed by atoms with Gasteiger partial charge < -0.3 is 36.8 Å². The van der Waals surface area contributed by atoms with E-state index in [1.165, 1.54) is 64.8 Å². The van der Waals surface area contributed by atoms with Gasteiger partial charge in [0.25, 0.3) is 0 Å². The molecule has 6 aromatic rings. The van der Waals surface area contributed by atoms with E-state index in [0.29, 0.717) is 36.1 Å². The number of rotatable bonds is 16. The molecular formula is C74H82F12N2O16S2. The van der Waals surface area contributed by atoms with Crippen molar-refractivity contribution in [3.63, 3.8) is 0 Å². The van der Waals surface area contributed by atoms with Gasteiger partial charge in [0.2, 0.25) is 11.8 Å². The van der Waals surface area contributed by atoms with Crippen LogP contribution in [0.2, 0.25) is 0 Å². The molecule has 0 bridgehead atoms. The maximum absolute atomic E-state index is 14.7. The molecule has 4 aliphatic carbocycles. The minimum Gasteiger partial charge on any atom is -0.481 e. The van der Waals surface area contributed by atoms with E-state index in [-0.39, 0.29) is 67.8 Å². The lowest BCUT2D eigenvalue weighted by Crippen LogP contribution is -2.29. The van der Waals surface area contributed by atoms with Crippen LogP contribution >= 0.6 is 0 Å². The van der Waals surface area contributed by atoms with Crippen LogP contribution < -0.4 is 17.8 Å². The molecule has 2 heterocycles. The van der Waals surface area contributed by atoms with E-state index in [1.54, 1.807) is 0 Å². The van der Waals surface area contributed by atoms with E-state index in [1.807, 2.05) is 27.7 Å². The van der Waals surface area contributed by atoms with Gasteiger partial charge in [0, 0.05) is 46.5 Å². The van der Waals surface area contributed by atoms with Gasteiger partial charge in [-0.25, -0.2) is 55.5 Å². The average Bonchev–Trinajstić information content (AvgIpc) is 1.36. The Balaban J connectivity index is 0.000000197. The molecule has 0 saturated heterocycles. The Morgan fingerprint density at radius 3 is 0.840 bits per heavy atom. The van der Waals surface area contributed by atoms with Crippen LogP contribution in [0.1, 0.15) is 220 Å². The second kappa shape index (κ2) is 32.8. The van der Waals surface area contributed by atoms with Crippen LogP contribution in [0.4, 0.5) is 52.7 Å². The smallest absolute Gasteiger partial charge is 0.481 e. The number of aromatic nitrogens is 2. The van der Waals surface area contributed by atoms with Crippen LogP contribution in [0.3, 0.4) is 0 Å². The number of carbonyl (C=O) groups is 4. The van der Waals surface area contributed by atoms with Crippen molar-refractivity contribution in [2.75, 3.05) is 42.7 Å². The minimum absolute atomic E-state index is 0.0297. The first kappa shape index (κ1) is 84.6. The van der Waals surface area contributed by atoms with E-state index < -0.39 is 135 Å². The molecule has 4 aromatic carbocycles. The summed E-state index contributed by atoms with van der Waals surface area (Å²) in [6.45, 7) is 16.0. The first-order chi connectivity index (χ1) is 49.2. The summed E-state index contributed by atoms with van der Waals surface area (Å²) in [5.41, 5.74) is -10.7. The zero-order valence-corrected chi connectivity index (χ0v) is 62.1. The third-order valence-corrected chi connectivity index (χ3v) is 22.2. The second-order valence-electron chi connectivity index (χ2n) is 28.7. The molecule has 10 rings (SSSR count). The van der Waals surface area contributed by atoms with Crippen LogP contribution in [0.25, 0.3) is 22.3 Å². The minimum atomic E-state index is -5.98. The Kier molecular flexibility index (Phi) is 26.2. The van der Waals surface area contributed by atoms with Crippen molar-refractivity contribution in [1.82, 2.24) is 9.97 Å². The van der Waals surface area contributed by atoms with E-state index in [0.717, 1.165) is 114 Å². The number of hydrogen-bond donors (Lipinski definition) is 0. The largest absolute Gasteiger partial charge is 0.534 e. The van der Waals surface area contributed by atoms with Gasteiger partial charge in [-0.15, -0.1) is 0 Å². The first-order valence-corrected chi connectivity index (χ1v) is 36.1. The number of esters is 4. The quantitative estimate of drug-likeness (QED) is 0.0288. The van der Waals surface area contributed by atoms with Crippen molar-refractivity contribution in [2.24, 2.45) is 21.7 Å². The van der Waals surface area contributed by atoms with Gasteiger partial charge in [-0.2, -0.15) is 43.2 Å². The van der Waals surface area contributed by atoms with Gasteiger partial charge in [0.15, 0.2) is 0 Å². The number of carbonyl (C=O) groups excluding carboxylic acids is 4. The highest BCUT2D eigenvalue weighted by Gasteiger charge is 2.51. The molecule has 4 saturated carbocycles. The standard InChI is InChI=1S/2C21H23F2NO3.2C16H18F4O5S/c2*1-21(2)7-5-6-16(21)13-8-15(20(25)27-4)17(22)9-12(13)14-10-19(26-3)24-11-18(14)23;2*1-15(2)6-4-5-11(15)9-7-10(14(21)24-3)12(17)8-13(9)25-26(22,23)16(18,19)20/h2*8-11,16H,5-7H2,1-4H3;2*7-8,11H,4-6H2,1-3H3/t2*16-;2*11-/m1010/s1. The monoisotopic (exact) mass is 1550 g/mol. The van der Waals surface area contributed by atoms with Crippen molar-refractivity contribution in [1.29, 1.82) is 0 Å². The molecule has 0 spiro atoms. The fraction of sp³-hybridized carbons (Fsp3) is 0.486. The Morgan fingerprint density at radius 2 is 0.613 bits per heavy atom. The van der Waals surface area contributed by atoms with E-state index in [9.17, 15) is 88.7 Å². The lowest BCUT2D eigenvalue weighted by Gasteiger charge is -2.29. The normalized spacial score (nSPS) is 19.2. The number of ether oxygens (including phenoxy) is 6. The first-order valence-electron chi connectivity index (χ1n) is 33.2. The molecule has 4 aliphatic rings. The number of nitrogens with zero attached hydrogens (tertiary/aromatic N) is 2. The number of benzene rings is 4. The molecule has 4 atom stereocenters. The molecule has 0 unspecified atom stereocenters. The predicted octanol–water partition coefficient (Wildman–Crippen LogP) is 18.5. The van der Waals surface area contributed by atoms with Gasteiger partial charge >= 0.3 is 55.1 Å². The number of pyridine rings is 2. The van der Waals surface area contributed by atoms with Crippen molar-refractivity contribution in [3.8, 4) is 45.5 Å². The molecule has 18 nitrogen and oxygen atoms in total. The predicted molar refractivity (Wildman–Crippen MR) is 363 cm³/mol. The van der Waals surface area contributed by atoms with Crippen LogP contribution in [-0.2, 0) is 39.2 Å². The van der Waals surface area contributed by atoms with Crippen molar-refractivity contribution in [3.05, 3.63) is 152 Å². The highest BCUT2D eigenvalue weighted by molar-refractivity contribution is 7.88. The highest BCUT2D eigenvalue weighted by atomic mass is 32.2. The zero-order chi connectivity index (χ0) is 79.4. The van der Waals surface area contributed by atoms with Gasteiger partial charge in [-0.05, 0) is 155 Å². The fourth-order valence-electron chi connectivity index (χ4n) is 14.5. The summed E-state index contributed by atoms with van der Waals surface area (Å²) in [5, 5.41) is 0. The maximum Gasteiger partial charge on any atom is 0.534 e. The second-order valence-corrected chi connectivity index (χ2v) is 31.7. The third kappa shape index (κ3) is 18.6. The van der Waals surface area contributed by atoms with E-state index in [2.05, 4.69) is 55.5 Å². The Labute approximate surface area is 606 Å². The van der Waals surface area contributed by atoms with E-state index in [4.69, 9.17) is 18.9 Å². The van der Waals surface area contributed by atoms with Crippen molar-refractivity contribution in [2.45, 2.75) is 167 Å². The SMILES string of the molecule is COC(=O)c1cc([C@@H]2CCCC2(C)C)c(-c2cc(OC)ncc2F)cc1F.COC(=O)c1cc([C@@H]2CCCC2(C)C)c(OS(=O)(=O)C(F)(F)F)cc1F.COC(=O)c1cc([C@H]2CCCC2(C)C)c(-c2cc(OC)ncc2F)cc1F.COC(=O)c1cc([C@H]2CCCC2(C)C)c(OS(=O)(=O)C(F)(F)F)cc1F. The van der Waals surface area contributed by atoms with Crippen LogP contribution in [0, 0.1) is 56.6 Å². The average molecular weight is 1550 g/mol. The molecule has 4 fully saturated rings. The molecule has 580 valence electrons. The lowest BCUT2D eigenvalue weighted by molar-refractivity contribution is -0.0505. The molecule has 2 aromatic heterocycles. The summed E-state index contributed by atoms with van der Waals surface area (Å²) in [6, 6.07) is 11.4. The summed E-state index contributed by atoms with van der Waals surface area (Å²) >= 11 is 0. The number of methoxy groups -OCH3 is 6. The lowest BCUT2D eigenvalue weighted by atomic mass is 9.75. The topological polar surface area (TPSA) is 236 Å². The molecule has 0 radical (unpaired) electrons. The van der Waals surface area contributed by atoms with Gasteiger partial charge in [-0.3, -0.25) is 0 Å². The van der Waals surface area contributed by atoms with Crippen LogP contribution in [-0.4, -0.2) is 104 Å². The summed E-state index contributed by atoms with van der Waals surface area (Å²) in [6.07, 6.45) is 11.9. The highest BCUT2D eigenvalue weighted by Crippen LogP contribution is 2.56. The van der Waals surface area contributed by atoms with Crippen LogP contribution in [0.5, 0.6) is 23.3 Å². The van der Waals surface area contributed by atoms with Gasteiger partial charge in [-0.1, -0.05) is 81.1 Å². The Bertz CT molecular complexity index is 4240. The molecule has 0 amide bonds. The molecule has 106 heavy (non-hydrogen) atoms. The molecule has 0 aliphatic heterocycles. The molecular weight excluding hydrogens is 1460 g/mol. The maximum atomic E-state index is 14.7. The van der Waals surface area contributed by atoms with Gasteiger partial charge in [0.1, 0.15) is 46.4 Å². The third-order valence-electron chi connectivity index (χ3n) is 20.3. The fourth-order valence-corrected chi connectivity index (χ4v) is 15.5. The summed E-state index contributed by atoms with van der Waals surface area (Å²) in [7, 11) is -4.61. The number of alkyl halides is 6. The Hall–Kier alpha value is -8.68. The van der Waals surface area contributed by atoms with E-state index >= 15 is 0 Å². The summed E-state index contributed by atoms with van der Waals surface area (Å²) < 4.78 is 245. The zero-order valence-electron chi connectivity index (χ0n) is 60.5.